The highest BCUT2D eigenvalue weighted by Gasteiger charge is 2.32. The zero-order chi connectivity index (χ0) is 90.7. The van der Waals surface area contributed by atoms with Crippen molar-refractivity contribution in [3.8, 4) is 114 Å². The van der Waals surface area contributed by atoms with E-state index in [1.54, 1.807) is 0 Å². The van der Waals surface area contributed by atoms with Gasteiger partial charge in [0.1, 0.15) is 56.1 Å². The summed E-state index contributed by atoms with van der Waals surface area (Å²) >= 11 is 0. The molecular weight excluding hydrogens is 1600 g/mol. The molecule has 0 saturated heterocycles. The Bertz CT molecular complexity index is 8090. The van der Waals surface area contributed by atoms with Crippen LogP contribution in [0.15, 0.2) is 291 Å². The molecule has 129 heavy (non-hydrogen) atoms. The molecule has 20 rings (SSSR count). The van der Waals surface area contributed by atoms with E-state index in [4.69, 9.17) is 17.7 Å². The van der Waals surface area contributed by atoms with Crippen molar-refractivity contribution < 1.29 is 35.9 Å². The molecule has 630 valence electrons. The Kier molecular flexibility index (Phi) is 23.2. The maximum absolute atomic E-state index is 10.1. The first kappa shape index (κ1) is 85.8. The average Bonchev–Trinajstić information content (AvgIpc) is 1.60. The molecule has 0 bridgehead atoms. The highest BCUT2D eigenvalue weighted by atomic mass is 28.3. The van der Waals surface area contributed by atoms with Gasteiger partial charge in [-0.05, 0) is 165 Å². The van der Waals surface area contributed by atoms with E-state index in [2.05, 4.69) is 291 Å². The number of aromatic nitrogens is 4. The molecule has 0 saturated carbocycles. The summed E-state index contributed by atoms with van der Waals surface area (Å²) in [4.78, 5) is 0. The quantitative estimate of drug-likeness (QED) is 0.0912. The molecule has 0 unspecified atom stereocenters. The van der Waals surface area contributed by atoms with Gasteiger partial charge in [-0.3, -0.25) is 0 Å². The monoisotopic (exact) mass is 1700 g/mol. The van der Waals surface area contributed by atoms with Crippen molar-refractivity contribution >= 4 is 101 Å². The van der Waals surface area contributed by atoms with Crippen molar-refractivity contribution in [2.24, 2.45) is 34.1 Å². The predicted octanol–water partition coefficient (Wildman–Crippen LogP) is 27.0. The fourth-order valence-electron chi connectivity index (χ4n) is 18.7. The summed E-state index contributed by atoms with van der Waals surface area (Å²) in [5.74, 6) is 0.575. The van der Waals surface area contributed by atoms with E-state index >= 15 is 0 Å². The number of pyridine rings is 4. The lowest BCUT2D eigenvalue weighted by molar-refractivity contribution is -0.666. The number of benzene rings is 12. The Morgan fingerprint density at radius 2 is 0.729 bits per heavy atom. The molecule has 0 spiro atoms. The topological polar surface area (TPSA) is 163 Å². The summed E-state index contributed by atoms with van der Waals surface area (Å²) in [5.41, 5.74) is 37.7. The summed E-state index contributed by atoms with van der Waals surface area (Å²) < 4.78 is 35.2. The third-order valence-electron chi connectivity index (χ3n) is 25.3. The molecule has 0 aliphatic carbocycles. The van der Waals surface area contributed by atoms with Crippen LogP contribution in [-0.4, -0.2) is 8.07 Å². The van der Waals surface area contributed by atoms with Gasteiger partial charge in [-0.2, -0.15) is 25.6 Å². The lowest BCUT2D eigenvalue weighted by Crippen LogP contribution is -2.37. The van der Waals surface area contributed by atoms with Crippen molar-refractivity contribution in [3.63, 3.8) is 0 Å². The van der Waals surface area contributed by atoms with Gasteiger partial charge in [0.2, 0.25) is 22.8 Å². The molecule has 0 fully saturated rings. The molecule has 20 aromatic rings. The second kappa shape index (κ2) is 34.9. The number of furan rings is 4. The van der Waals surface area contributed by atoms with Gasteiger partial charge < -0.3 is 17.7 Å². The number of aryl methyl sites for hydroxylation is 12. The van der Waals surface area contributed by atoms with Crippen molar-refractivity contribution in [1.29, 1.82) is 21.0 Å². The number of hydrogen-bond acceptors (Lipinski definition) is 8. The lowest BCUT2D eigenvalue weighted by atomic mass is 9.95. The standard InChI is InChI=1S/C34H37N2OSi.C28H23N2O.2C27H21N2O/c1-21(2)17-24-18-23(4)36(5)30(19-24)31-22(3)9-15-29-32-26(20-35)12-16-28(33(32)37-34(29)31)25-10-13-27(14-11-25)38(6,7)8;1-17-14-24(30(4)16-19(17)3)25-18(2)13-21(15-29)26-23-12-8-11-22(27(23)31-28(25)26)20-9-6-5-7-10-20;1-17-12-13-23(29(3)16-17)24-18(2)14-20(15-28)25-22-11-7-10-21(26(22)30-27(24)25)19-8-5-4-6-9-19;1-17-12-13-29(3)23(14-17)24-18(2)15-20(16-28)25-22-11-7-10-21(26(22)30-27(24)25)19-8-5-4-6-9-19/h9-16,18-19,21H,17H2,1-8H3;5-14,16H,1-4H3;4-14,16H,1-3H3;4-15H,1-3H3/q4*+1. The molecule has 0 aliphatic heterocycles. The lowest BCUT2D eigenvalue weighted by Gasteiger charge is -2.16. The maximum Gasteiger partial charge on any atom is 0.216 e. The summed E-state index contributed by atoms with van der Waals surface area (Å²) in [6, 6.07) is 97.1. The van der Waals surface area contributed by atoms with Crippen molar-refractivity contribution in [2.75, 3.05) is 0 Å². The highest BCUT2D eigenvalue weighted by molar-refractivity contribution is 6.88. The fourth-order valence-corrected chi connectivity index (χ4v) is 19.8. The zero-order valence-corrected chi connectivity index (χ0v) is 77.5. The van der Waals surface area contributed by atoms with Gasteiger partial charge in [-0.15, -0.1) is 0 Å². The molecule has 8 aromatic heterocycles. The predicted molar refractivity (Wildman–Crippen MR) is 526 cm³/mol. The van der Waals surface area contributed by atoms with Crippen LogP contribution in [0.25, 0.3) is 177 Å². The maximum atomic E-state index is 10.1. The van der Waals surface area contributed by atoms with Crippen LogP contribution in [-0.2, 0) is 34.6 Å². The number of para-hydroxylation sites is 3. The number of hydrogen-bond donors (Lipinski definition) is 0. The van der Waals surface area contributed by atoms with E-state index in [1.807, 2.05) is 149 Å². The van der Waals surface area contributed by atoms with Crippen molar-refractivity contribution in [2.45, 2.75) is 102 Å². The first-order valence-electron chi connectivity index (χ1n) is 43.9. The molecule has 0 radical (unpaired) electrons. The smallest absolute Gasteiger partial charge is 0.216 e. The largest absolute Gasteiger partial charge is 0.454 e. The Labute approximate surface area is 754 Å². The van der Waals surface area contributed by atoms with E-state index in [0.29, 0.717) is 28.2 Å². The minimum absolute atomic E-state index is 0.575. The van der Waals surface area contributed by atoms with Gasteiger partial charge in [-0.1, -0.05) is 221 Å². The third-order valence-corrected chi connectivity index (χ3v) is 27.4. The van der Waals surface area contributed by atoms with Crippen LogP contribution in [0, 0.1) is 114 Å². The SMILES string of the molecule is Cc1cc(-c2c(C)cc(C#N)c3c2oc2c(-c4ccccc4)cccc23)[n+](C)cc1C.Cc1cc[n+](C)c(-c2c(C)cc(C#N)c3c2oc2c(-c4ccccc4)cccc23)c1.Cc1ccc(-c2c(C)cc(C#N)c3c2oc2c(-c4ccccc4)cccc23)[n+](C)c1.Cc1ccc2c(oc3c(-c4ccc([Si](C)(C)C)cc4)ccc(C#N)c32)c1-c1cc(CC(C)C)cc(C)[n+]1C. The van der Waals surface area contributed by atoms with Crippen molar-refractivity contribution in [3.05, 3.63) is 351 Å². The highest BCUT2D eigenvalue weighted by Crippen LogP contribution is 2.48. The molecular formula is C116H102N8O4Si+4. The van der Waals surface area contributed by atoms with Crippen molar-refractivity contribution in [1.82, 2.24) is 0 Å². The van der Waals surface area contributed by atoms with Crippen LogP contribution in [0.1, 0.15) is 91.9 Å². The van der Waals surface area contributed by atoms with E-state index < -0.39 is 8.07 Å². The minimum atomic E-state index is -1.40. The van der Waals surface area contributed by atoms with Crippen LogP contribution >= 0.6 is 0 Å². The average molecular weight is 1700 g/mol. The molecule has 0 aliphatic rings. The van der Waals surface area contributed by atoms with Crippen LogP contribution in [0.5, 0.6) is 0 Å². The summed E-state index contributed by atoms with van der Waals surface area (Å²) in [5, 5.41) is 48.6. The van der Waals surface area contributed by atoms with Gasteiger partial charge in [0.25, 0.3) is 0 Å². The Morgan fingerprint density at radius 3 is 1.19 bits per heavy atom. The second-order valence-electron chi connectivity index (χ2n) is 35.9. The van der Waals surface area contributed by atoms with Gasteiger partial charge in [0, 0.05) is 120 Å². The third kappa shape index (κ3) is 15.9. The molecule has 0 N–H and O–H groups in total. The molecule has 0 amide bonds. The Hall–Kier alpha value is -15.4. The number of rotatable bonds is 11. The van der Waals surface area contributed by atoms with E-state index in [-0.39, 0.29) is 0 Å². The minimum Gasteiger partial charge on any atom is -0.454 e. The number of nitrogens with zero attached hydrogens (tertiary/aromatic N) is 8. The molecule has 13 heteroatoms. The van der Waals surface area contributed by atoms with Gasteiger partial charge in [0.05, 0.1) is 76.9 Å². The van der Waals surface area contributed by atoms with E-state index in [1.165, 1.54) is 38.7 Å². The summed E-state index contributed by atoms with van der Waals surface area (Å²) in [6.45, 7) is 30.5. The zero-order valence-electron chi connectivity index (χ0n) is 76.5. The van der Waals surface area contributed by atoms with Crippen LogP contribution in [0.4, 0.5) is 0 Å². The first-order chi connectivity index (χ1) is 62.1. The number of nitriles is 4. The van der Waals surface area contributed by atoms with E-state index in [0.717, 1.165) is 206 Å². The van der Waals surface area contributed by atoms with Gasteiger partial charge in [-0.25, -0.2) is 13.7 Å². The fraction of sp³-hybridized carbons (Fsp3) is 0.172. The Morgan fingerprint density at radius 1 is 0.310 bits per heavy atom. The second-order valence-corrected chi connectivity index (χ2v) is 41.0. The summed E-state index contributed by atoms with van der Waals surface area (Å²) in [7, 11) is 6.87. The van der Waals surface area contributed by atoms with Crippen LogP contribution in [0.2, 0.25) is 19.6 Å². The Balaban J connectivity index is 0.000000121. The van der Waals surface area contributed by atoms with Gasteiger partial charge in [0.15, 0.2) is 41.0 Å². The molecule has 12 nitrogen and oxygen atoms in total. The van der Waals surface area contributed by atoms with Crippen LogP contribution < -0.4 is 23.5 Å². The molecule has 12 aromatic carbocycles. The first-order valence-corrected chi connectivity index (χ1v) is 47.4. The van der Waals surface area contributed by atoms with E-state index in [9.17, 15) is 21.0 Å². The van der Waals surface area contributed by atoms with Gasteiger partial charge >= 0.3 is 0 Å². The number of fused-ring (bicyclic) bond motifs is 12. The summed E-state index contributed by atoms with van der Waals surface area (Å²) in [6.07, 6.45) is 7.34. The molecule has 0 atom stereocenters. The van der Waals surface area contributed by atoms with Crippen LogP contribution in [0.3, 0.4) is 0 Å². The molecule has 8 heterocycles. The normalized spacial score (nSPS) is 11.4.